The van der Waals surface area contributed by atoms with Gasteiger partial charge in [0.05, 0.1) is 11.3 Å². The lowest BCUT2D eigenvalue weighted by Gasteiger charge is -2.35. The van der Waals surface area contributed by atoms with Crippen LogP contribution in [0.1, 0.15) is 48.4 Å². The second-order valence-corrected chi connectivity index (χ2v) is 6.93. The molecular formula is C18H24F3N3O2. The van der Waals surface area contributed by atoms with Crippen LogP contribution in [-0.2, 0) is 11.0 Å². The third-order valence-corrected chi connectivity index (χ3v) is 4.46. The number of aryl methyl sites for hydroxylation is 1. The molecule has 0 saturated carbocycles. The first kappa shape index (κ1) is 20.2. The van der Waals surface area contributed by atoms with Crippen LogP contribution in [0.3, 0.4) is 0 Å². The molecule has 0 unspecified atom stereocenters. The maximum absolute atomic E-state index is 12.7. The highest BCUT2D eigenvalue weighted by Gasteiger charge is 2.33. The van der Waals surface area contributed by atoms with E-state index in [2.05, 4.69) is 18.8 Å². The molecule has 1 aliphatic heterocycles. The Morgan fingerprint density at radius 2 is 1.69 bits per heavy atom. The Morgan fingerprint density at radius 1 is 1.12 bits per heavy atom. The maximum atomic E-state index is 12.7. The standard InChI is InChI=1S/C18H24F3N3O2/c1-12(2)4-7-16(25)23-8-10-24(11-9-23)17(26)14-5-6-15(18(19,20)21)22-13(14)3/h5-6,12H,4,7-11H2,1-3H3. The molecule has 5 nitrogen and oxygen atoms in total. The number of halogens is 3. The molecule has 26 heavy (non-hydrogen) atoms. The summed E-state index contributed by atoms with van der Waals surface area (Å²) >= 11 is 0. The molecule has 0 atom stereocenters. The van der Waals surface area contributed by atoms with Gasteiger partial charge in [0.15, 0.2) is 0 Å². The van der Waals surface area contributed by atoms with Crippen LogP contribution in [0, 0.1) is 12.8 Å². The summed E-state index contributed by atoms with van der Waals surface area (Å²) < 4.78 is 38.1. The Bertz CT molecular complexity index is 666. The molecule has 1 saturated heterocycles. The number of nitrogens with zero attached hydrogens (tertiary/aromatic N) is 3. The lowest BCUT2D eigenvalue weighted by atomic mass is 10.1. The number of hydrogen-bond acceptors (Lipinski definition) is 3. The van der Waals surface area contributed by atoms with Crippen molar-refractivity contribution in [2.24, 2.45) is 5.92 Å². The van der Waals surface area contributed by atoms with Crippen molar-refractivity contribution in [1.29, 1.82) is 0 Å². The van der Waals surface area contributed by atoms with Gasteiger partial charge in [-0.25, -0.2) is 4.98 Å². The molecule has 1 aromatic rings. The van der Waals surface area contributed by atoms with E-state index >= 15 is 0 Å². The second kappa shape index (κ2) is 8.05. The molecular weight excluding hydrogens is 347 g/mol. The third kappa shape index (κ3) is 4.95. The van der Waals surface area contributed by atoms with Crippen molar-refractivity contribution in [2.45, 2.75) is 39.8 Å². The average molecular weight is 371 g/mol. The van der Waals surface area contributed by atoms with E-state index in [-0.39, 0.29) is 23.1 Å². The number of pyridine rings is 1. The van der Waals surface area contributed by atoms with Crippen LogP contribution in [0.4, 0.5) is 13.2 Å². The lowest BCUT2D eigenvalue weighted by molar-refractivity contribution is -0.141. The Morgan fingerprint density at radius 3 is 2.19 bits per heavy atom. The zero-order chi connectivity index (χ0) is 19.5. The second-order valence-electron chi connectivity index (χ2n) is 6.93. The van der Waals surface area contributed by atoms with Gasteiger partial charge in [0.25, 0.3) is 5.91 Å². The van der Waals surface area contributed by atoms with Gasteiger partial charge in [-0.2, -0.15) is 13.2 Å². The first-order chi connectivity index (χ1) is 12.1. The molecule has 0 spiro atoms. The number of aromatic nitrogens is 1. The van der Waals surface area contributed by atoms with Gasteiger partial charge in [-0.15, -0.1) is 0 Å². The van der Waals surface area contributed by atoms with Crippen LogP contribution in [0.15, 0.2) is 12.1 Å². The van der Waals surface area contributed by atoms with Crippen molar-refractivity contribution in [3.63, 3.8) is 0 Å². The minimum absolute atomic E-state index is 0.0558. The third-order valence-electron chi connectivity index (χ3n) is 4.46. The summed E-state index contributed by atoms with van der Waals surface area (Å²) in [6.45, 7) is 7.13. The Hall–Kier alpha value is -2.12. The molecule has 0 N–H and O–H groups in total. The fourth-order valence-corrected chi connectivity index (χ4v) is 2.84. The van der Waals surface area contributed by atoms with Gasteiger partial charge in [-0.3, -0.25) is 9.59 Å². The fraction of sp³-hybridized carbons (Fsp3) is 0.611. The number of rotatable bonds is 4. The maximum Gasteiger partial charge on any atom is 0.433 e. The zero-order valence-corrected chi connectivity index (χ0v) is 15.3. The number of hydrogen-bond donors (Lipinski definition) is 0. The lowest BCUT2D eigenvalue weighted by Crippen LogP contribution is -2.50. The van der Waals surface area contributed by atoms with Gasteiger partial charge < -0.3 is 9.80 Å². The molecule has 2 rings (SSSR count). The summed E-state index contributed by atoms with van der Waals surface area (Å²) in [7, 11) is 0. The predicted octanol–water partition coefficient (Wildman–Crippen LogP) is 3.13. The van der Waals surface area contributed by atoms with E-state index < -0.39 is 11.9 Å². The van der Waals surface area contributed by atoms with E-state index in [4.69, 9.17) is 0 Å². The Labute approximate surface area is 151 Å². The van der Waals surface area contributed by atoms with Crippen molar-refractivity contribution in [3.8, 4) is 0 Å². The number of alkyl halides is 3. The van der Waals surface area contributed by atoms with E-state index in [1.807, 2.05) is 0 Å². The monoisotopic (exact) mass is 371 g/mol. The van der Waals surface area contributed by atoms with Crippen molar-refractivity contribution in [2.75, 3.05) is 26.2 Å². The van der Waals surface area contributed by atoms with Gasteiger partial charge >= 0.3 is 6.18 Å². The highest BCUT2D eigenvalue weighted by atomic mass is 19.4. The smallest absolute Gasteiger partial charge is 0.339 e. The first-order valence-corrected chi connectivity index (χ1v) is 8.71. The van der Waals surface area contributed by atoms with E-state index in [9.17, 15) is 22.8 Å². The van der Waals surface area contributed by atoms with Crippen molar-refractivity contribution in [1.82, 2.24) is 14.8 Å². The molecule has 1 fully saturated rings. The molecule has 8 heteroatoms. The van der Waals surface area contributed by atoms with Crippen molar-refractivity contribution < 1.29 is 22.8 Å². The normalized spacial score (nSPS) is 15.5. The minimum atomic E-state index is -4.53. The van der Waals surface area contributed by atoms with Crippen molar-refractivity contribution in [3.05, 3.63) is 29.1 Å². The summed E-state index contributed by atoms with van der Waals surface area (Å²) in [5.41, 5.74) is -0.787. The van der Waals surface area contributed by atoms with Gasteiger partial charge in [0.1, 0.15) is 5.69 Å². The summed E-state index contributed by atoms with van der Waals surface area (Å²) in [5.74, 6) is 0.188. The summed E-state index contributed by atoms with van der Waals surface area (Å²) in [4.78, 5) is 31.5. The number of carbonyl (C=O) groups is 2. The van der Waals surface area contributed by atoms with Crippen LogP contribution in [0.5, 0.6) is 0 Å². The summed E-state index contributed by atoms with van der Waals surface area (Å²) in [5, 5.41) is 0. The number of piperazine rings is 1. The topological polar surface area (TPSA) is 53.5 Å². The molecule has 1 aromatic heterocycles. The highest BCUT2D eigenvalue weighted by molar-refractivity contribution is 5.95. The SMILES string of the molecule is Cc1nc(C(F)(F)F)ccc1C(=O)N1CCN(C(=O)CCC(C)C)CC1. The molecule has 2 amide bonds. The molecule has 0 aromatic carbocycles. The average Bonchev–Trinajstić information content (AvgIpc) is 2.58. The van der Waals surface area contributed by atoms with E-state index in [1.54, 1.807) is 9.80 Å². The van der Waals surface area contributed by atoms with E-state index in [0.29, 0.717) is 38.5 Å². The Balaban J connectivity index is 1.97. The van der Waals surface area contributed by atoms with E-state index in [0.717, 1.165) is 12.5 Å². The van der Waals surface area contributed by atoms with Crippen LogP contribution >= 0.6 is 0 Å². The highest BCUT2D eigenvalue weighted by Crippen LogP contribution is 2.28. The first-order valence-electron chi connectivity index (χ1n) is 8.71. The molecule has 1 aliphatic rings. The van der Waals surface area contributed by atoms with Gasteiger partial charge in [-0.05, 0) is 31.4 Å². The summed E-state index contributed by atoms with van der Waals surface area (Å²) in [6, 6.07) is 2.00. The molecule has 0 bridgehead atoms. The zero-order valence-electron chi connectivity index (χ0n) is 15.3. The quantitative estimate of drug-likeness (QED) is 0.817. The van der Waals surface area contributed by atoms with Crippen LogP contribution in [0.25, 0.3) is 0 Å². The van der Waals surface area contributed by atoms with Crippen LogP contribution in [-0.4, -0.2) is 52.8 Å². The predicted molar refractivity (Wildman–Crippen MR) is 90.5 cm³/mol. The number of amides is 2. The molecule has 144 valence electrons. The van der Waals surface area contributed by atoms with Crippen LogP contribution in [0.2, 0.25) is 0 Å². The van der Waals surface area contributed by atoms with Gasteiger partial charge in [0.2, 0.25) is 5.91 Å². The largest absolute Gasteiger partial charge is 0.433 e. The minimum Gasteiger partial charge on any atom is -0.339 e. The Kier molecular flexibility index (Phi) is 6.26. The van der Waals surface area contributed by atoms with Gasteiger partial charge in [0, 0.05) is 32.6 Å². The fourth-order valence-electron chi connectivity index (χ4n) is 2.84. The van der Waals surface area contributed by atoms with E-state index in [1.165, 1.54) is 13.0 Å². The molecule has 2 heterocycles. The molecule has 0 radical (unpaired) electrons. The van der Waals surface area contributed by atoms with Crippen LogP contribution < -0.4 is 0 Å². The molecule has 0 aliphatic carbocycles. The summed E-state index contributed by atoms with van der Waals surface area (Å²) in [6.07, 6.45) is -3.21. The van der Waals surface area contributed by atoms with Crippen molar-refractivity contribution >= 4 is 11.8 Å². The van der Waals surface area contributed by atoms with Gasteiger partial charge in [-0.1, -0.05) is 13.8 Å². The number of carbonyl (C=O) groups excluding carboxylic acids is 2.